The highest BCUT2D eigenvalue weighted by atomic mass is 16.4. The number of rotatable bonds is 4. The van der Waals surface area contributed by atoms with Crippen molar-refractivity contribution in [2.45, 2.75) is 32.2 Å². The zero-order valence-electron chi connectivity index (χ0n) is 13.0. The Bertz CT molecular complexity index is 920. The number of hydrogen-bond acceptors (Lipinski definition) is 4. The predicted octanol–water partition coefficient (Wildman–Crippen LogP) is 2.10. The first kappa shape index (κ1) is 13.9. The van der Waals surface area contributed by atoms with Crippen molar-refractivity contribution >= 4 is 17.0 Å². The maximum atomic E-state index is 11.1. The monoisotopic (exact) mass is 311 g/mol. The Kier molecular flexibility index (Phi) is 2.97. The molecule has 3 aromatic heterocycles. The first-order valence-corrected chi connectivity index (χ1v) is 7.62. The molecule has 0 unspecified atom stereocenters. The number of carboxylic acids is 1. The maximum absolute atomic E-state index is 11.1. The summed E-state index contributed by atoms with van der Waals surface area (Å²) in [4.78, 5) is 15.5. The van der Waals surface area contributed by atoms with Gasteiger partial charge in [-0.15, -0.1) is 0 Å². The summed E-state index contributed by atoms with van der Waals surface area (Å²) in [5.41, 5.74) is 4.60. The summed E-state index contributed by atoms with van der Waals surface area (Å²) in [5, 5.41) is 19.1. The molecule has 1 aliphatic carbocycles. The number of hydrogen-bond donors (Lipinski definition) is 1. The van der Waals surface area contributed by atoms with Crippen LogP contribution in [0.25, 0.3) is 22.2 Å². The minimum absolute atomic E-state index is 0.175. The molecule has 118 valence electrons. The number of carbonyl (C=O) groups is 1. The standard InChI is InChI=1S/C16H17N5O2/c1-9-12(7-20(2)18-9)11-5-6-17-16-14(11)15(10-3-4-10)19-21(16)8-13(22)23/h5-7,10H,3-4,8H2,1-2H3,(H,22,23). The molecule has 0 aliphatic heterocycles. The molecule has 1 fully saturated rings. The van der Waals surface area contributed by atoms with E-state index in [1.165, 1.54) is 4.68 Å². The zero-order valence-corrected chi connectivity index (χ0v) is 13.0. The zero-order chi connectivity index (χ0) is 16.1. The number of aryl methyl sites for hydroxylation is 2. The lowest BCUT2D eigenvalue weighted by molar-refractivity contribution is -0.137. The van der Waals surface area contributed by atoms with Crippen LogP contribution in [0.5, 0.6) is 0 Å². The van der Waals surface area contributed by atoms with Gasteiger partial charge in [0.05, 0.1) is 16.8 Å². The average Bonchev–Trinajstić information content (AvgIpc) is 3.20. The van der Waals surface area contributed by atoms with Crippen molar-refractivity contribution in [3.63, 3.8) is 0 Å². The van der Waals surface area contributed by atoms with Gasteiger partial charge in [-0.3, -0.25) is 9.48 Å². The van der Waals surface area contributed by atoms with Crippen molar-refractivity contribution in [1.29, 1.82) is 0 Å². The molecule has 0 atom stereocenters. The summed E-state index contributed by atoms with van der Waals surface area (Å²) in [6, 6.07) is 1.96. The molecule has 23 heavy (non-hydrogen) atoms. The van der Waals surface area contributed by atoms with E-state index in [4.69, 9.17) is 5.11 Å². The van der Waals surface area contributed by atoms with E-state index in [1.807, 2.05) is 26.2 Å². The van der Waals surface area contributed by atoms with Gasteiger partial charge in [-0.05, 0) is 31.4 Å². The third kappa shape index (κ3) is 2.28. The van der Waals surface area contributed by atoms with Crippen molar-refractivity contribution in [2.24, 2.45) is 7.05 Å². The van der Waals surface area contributed by atoms with Crippen LogP contribution in [0.1, 0.15) is 30.1 Å². The molecule has 0 bridgehead atoms. The van der Waals surface area contributed by atoms with Crippen LogP contribution in [0.4, 0.5) is 0 Å². The third-order valence-corrected chi connectivity index (χ3v) is 4.21. The van der Waals surface area contributed by atoms with Crippen molar-refractivity contribution in [1.82, 2.24) is 24.5 Å². The maximum Gasteiger partial charge on any atom is 0.325 e. The summed E-state index contributed by atoms with van der Waals surface area (Å²) in [6.45, 7) is 1.80. The smallest absolute Gasteiger partial charge is 0.325 e. The van der Waals surface area contributed by atoms with Gasteiger partial charge in [-0.2, -0.15) is 10.2 Å². The molecular weight excluding hydrogens is 294 g/mol. The molecule has 0 saturated heterocycles. The quantitative estimate of drug-likeness (QED) is 0.797. The summed E-state index contributed by atoms with van der Waals surface area (Å²) < 4.78 is 3.29. The Hall–Kier alpha value is -2.70. The molecule has 0 aromatic carbocycles. The molecule has 0 amide bonds. The molecular formula is C16H17N5O2. The number of carboxylic acid groups (broad SMARTS) is 1. The Balaban J connectivity index is 2.00. The molecule has 7 heteroatoms. The molecule has 1 N–H and O–H groups in total. The van der Waals surface area contributed by atoms with Crippen LogP contribution in [0.3, 0.4) is 0 Å². The fourth-order valence-electron chi connectivity index (χ4n) is 3.10. The number of aromatic nitrogens is 5. The average molecular weight is 311 g/mol. The lowest BCUT2D eigenvalue weighted by atomic mass is 10.0. The Morgan fingerprint density at radius 1 is 1.35 bits per heavy atom. The lowest BCUT2D eigenvalue weighted by Crippen LogP contribution is -2.10. The Morgan fingerprint density at radius 3 is 2.74 bits per heavy atom. The molecule has 1 saturated carbocycles. The summed E-state index contributed by atoms with van der Waals surface area (Å²) in [7, 11) is 1.89. The van der Waals surface area contributed by atoms with E-state index in [0.717, 1.165) is 40.7 Å². The molecule has 1 aliphatic rings. The second-order valence-corrected chi connectivity index (χ2v) is 6.07. The first-order valence-electron chi connectivity index (χ1n) is 7.62. The van der Waals surface area contributed by atoms with E-state index >= 15 is 0 Å². The van der Waals surface area contributed by atoms with E-state index in [1.54, 1.807) is 10.9 Å². The highest BCUT2D eigenvalue weighted by Crippen LogP contribution is 2.44. The minimum atomic E-state index is -0.915. The topological polar surface area (TPSA) is 85.8 Å². The van der Waals surface area contributed by atoms with Gasteiger partial charge in [0.15, 0.2) is 5.65 Å². The number of pyridine rings is 1. The normalized spacial score (nSPS) is 14.5. The van der Waals surface area contributed by atoms with Crippen molar-refractivity contribution in [3.05, 3.63) is 29.8 Å². The molecule has 4 rings (SSSR count). The van der Waals surface area contributed by atoms with Crippen LogP contribution in [-0.2, 0) is 18.4 Å². The molecule has 0 spiro atoms. The van der Waals surface area contributed by atoms with Crippen LogP contribution in [0, 0.1) is 6.92 Å². The fourth-order valence-corrected chi connectivity index (χ4v) is 3.10. The Labute approximate surface area is 132 Å². The van der Waals surface area contributed by atoms with Gasteiger partial charge in [0.2, 0.25) is 0 Å². The van der Waals surface area contributed by atoms with Gasteiger partial charge in [-0.25, -0.2) is 9.67 Å². The number of aliphatic carboxylic acids is 1. The van der Waals surface area contributed by atoms with Gasteiger partial charge in [0.25, 0.3) is 0 Å². The van der Waals surface area contributed by atoms with Gasteiger partial charge in [-0.1, -0.05) is 0 Å². The van der Waals surface area contributed by atoms with Gasteiger partial charge in [0, 0.05) is 30.9 Å². The van der Waals surface area contributed by atoms with Gasteiger partial charge >= 0.3 is 5.97 Å². The minimum Gasteiger partial charge on any atom is -0.480 e. The van der Waals surface area contributed by atoms with E-state index in [-0.39, 0.29) is 6.54 Å². The van der Waals surface area contributed by atoms with Crippen molar-refractivity contribution in [2.75, 3.05) is 0 Å². The van der Waals surface area contributed by atoms with E-state index < -0.39 is 5.97 Å². The van der Waals surface area contributed by atoms with Crippen LogP contribution in [0.15, 0.2) is 18.5 Å². The summed E-state index contributed by atoms with van der Waals surface area (Å²) >= 11 is 0. The predicted molar refractivity (Wildman–Crippen MR) is 84.1 cm³/mol. The lowest BCUT2D eigenvalue weighted by Gasteiger charge is -2.03. The summed E-state index contributed by atoms with van der Waals surface area (Å²) in [5.74, 6) is -0.506. The van der Waals surface area contributed by atoms with Crippen LogP contribution < -0.4 is 0 Å². The Morgan fingerprint density at radius 2 is 2.13 bits per heavy atom. The highest BCUT2D eigenvalue weighted by molar-refractivity contribution is 5.96. The largest absolute Gasteiger partial charge is 0.480 e. The van der Waals surface area contributed by atoms with Crippen LogP contribution >= 0.6 is 0 Å². The van der Waals surface area contributed by atoms with Gasteiger partial charge < -0.3 is 5.11 Å². The van der Waals surface area contributed by atoms with E-state index in [2.05, 4.69) is 15.2 Å². The first-order chi connectivity index (χ1) is 11.0. The third-order valence-electron chi connectivity index (χ3n) is 4.21. The van der Waals surface area contributed by atoms with Gasteiger partial charge in [0.1, 0.15) is 6.54 Å². The van der Waals surface area contributed by atoms with Crippen molar-refractivity contribution < 1.29 is 9.90 Å². The number of nitrogens with zero attached hydrogens (tertiary/aromatic N) is 5. The molecule has 7 nitrogen and oxygen atoms in total. The summed E-state index contributed by atoms with van der Waals surface area (Å²) in [6.07, 6.45) is 5.88. The second kappa shape index (κ2) is 4.91. The van der Waals surface area contributed by atoms with Crippen LogP contribution in [0.2, 0.25) is 0 Å². The van der Waals surface area contributed by atoms with E-state index in [0.29, 0.717) is 11.6 Å². The van der Waals surface area contributed by atoms with Crippen LogP contribution in [-0.4, -0.2) is 35.6 Å². The fraction of sp³-hybridized carbons (Fsp3) is 0.375. The number of fused-ring (bicyclic) bond motifs is 1. The molecule has 3 heterocycles. The second-order valence-electron chi connectivity index (χ2n) is 6.07. The highest BCUT2D eigenvalue weighted by Gasteiger charge is 2.31. The molecule has 0 radical (unpaired) electrons. The van der Waals surface area contributed by atoms with Crippen molar-refractivity contribution in [3.8, 4) is 11.1 Å². The SMILES string of the molecule is Cc1nn(C)cc1-c1ccnc2c1c(C1CC1)nn2CC(=O)O. The van der Waals surface area contributed by atoms with E-state index in [9.17, 15) is 4.79 Å². The molecule has 3 aromatic rings.